The molecule has 0 aromatic heterocycles. The van der Waals surface area contributed by atoms with E-state index in [0.29, 0.717) is 6.61 Å². The summed E-state index contributed by atoms with van der Waals surface area (Å²) in [4.78, 5) is 0. The first-order valence-electron chi connectivity index (χ1n) is 10.6. The third-order valence-electron chi connectivity index (χ3n) is 5.68. The topological polar surface area (TPSA) is 18.5 Å². The van der Waals surface area contributed by atoms with Gasteiger partial charge in [0.05, 0.1) is 12.7 Å². The third-order valence-corrected chi connectivity index (χ3v) is 10.2. The smallest absolute Gasteiger partial charge is 0.192 e. The van der Waals surface area contributed by atoms with Crippen LogP contribution >= 0.6 is 0 Å². The molecular weight excluding hydrogens is 348 g/mol. The van der Waals surface area contributed by atoms with Gasteiger partial charge in [0.25, 0.3) is 0 Å². The molecule has 0 fully saturated rings. The highest BCUT2D eigenvalue weighted by atomic mass is 28.4. The first kappa shape index (κ1) is 24.1. The second-order valence-corrected chi connectivity index (χ2v) is 13.9. The van der Waals surface area contributed by atoms with Gasteiger partial charge in [-0.05, 0) is 43.0 Å². The second kappa shape index (κ2) is 11.8. The van der Waals surface area contributed by atoms with Crippen LogP contribution in [-0.2, 0) is 15.8 Å². The molecule has 0 saturated carbocycles. The van der Waals surface area contributed by atoms with Crippen LogP contribution in [0.4, 0.5) is 0 Å². The summed E-state index contributed by atoms with van der Waals surface area (Å²) in [5, 5.41) is 0.231. The van der Waals surface area contributed by atoms with Crippen LogP contribution in [0.15, 0.2) is 43.0 Å². The fourth-order valence-corrected chi connectivity index (χ4v) is 4.34. The van der Waals surface area contributed by atoms with Gasteiger partial charge in [-0.15, -0.1) is 6.58 Å². The molecule has 154 valence electrons. The minimum Gasteiger partial charge on any atom is -0.414 e. The molecule has 2 atom stereocenters. The fourth-order valence-electron chi connectivity index (χ4n) is 2.94. The van der Waals surface area contributed by atoms with Crippen LogP contribution in [0.2, 0.25) is 18.1 Å². The molecule has 0 heterocycles. The van der Waals surface area contributed by atoms with Crippen molar-refractivity contribution in [3.8, 4) is 0 Å². The number of ether oxygens (including phenoxy) is 1. The van der Waals surface area contributed by atoms with E-state index in [1.165, 1.54) is 24.8 Å². The Bertz CT molecular complexity index is 519. The van der Waals surface area contributed by atoms with Gasteiger partial charge in [0, 0.05) is 6.10 Å². The van der Waals surface area contributed by atoms with Crippen molar-refractivity contribution < 1.29 is 9.16 Å². The second-order valence-electron chi connectivity index (χ2n) is 9.17. The Morgan fingerprint density at radius 3 is 2.30 bits per heavy atom. The lowest BCUT2D eigenvalue weighted by atomic mass is 10.0. The van der Waals surface area contributed by atoms with Crippen molar-refractivity contribution in [1.29, 1.82) is 0 Å². The van der Waals surface area contributed by atoms with Gasteiger partial charge in [0.1, 0.15) is 0 Å². The molecule has 0 N–H and O–H groups in total. The number of hydrogen-bond donors (Lipinski definition) is 0. The first-order chi connectivity index (χ1) is 12.7. The van der Waals surface area contributed by atoms with Crippen molar-refractivity contribution in [3.05, 3.63) is 48.6 Å². The highest BCUT2D eigenvalue weighted by Gasteiger charge is 2.39. The molecule has 0 saturated heterocycles. The largest absolute Gasteiger partial charge is 0.414 e. The van der Waals surface area contributed by atoms with Gasteiger partial charge in [0.2, 0.25) is 0 Å². The molecule has 0 radical (unpaired) electrons. The van der Waals surface area contributed by atoms with Gasteiger partial charge in [0.15, 0.2) is 8.32 Å². The van der Waals surface area contributed by atoms with Crippen molar-refractivity contribution in [1.82, 2.24) is 0 Å². The van der Waals surface area contributed by atoms with Crippen LogP contribution in [0, 0.1) is 0 Å². The van der Waals surface area contributed by atoms with E-state index in [2.05, 4.69) is 71.6 Å². The third kappa shape index (κ3) is 9.22. The molecule has 0 bridgehead atoms. The molecule has 1 aromatic rings. The van der Waals surface area contributed by atoms with Crippen LogP contribution in [0.3, 0.4) is 0 Å². The highest BCUT2D eigenvalue weighted by Crippen LogP contribution is 2.38. The maximum absolute atomic E-state index is 6.80. The number of benzene rings is 1. The fraction of sp³-hybridized carbons (Fsp3) is 0.667. The normalized spacial score (nSPS) is 14.7. The van der Waals surface area contributed by atoms with Gasteiger partial charge >= 0.3 is 0 Å². The Morgan fingerprint density at radius 2 is 1.74 bits per heavy atom. The van der Waals surface area contributed by atoms with Crippen molar-refractivity contribution in [3.63, 3.8) is 0 Å². The van der Waals surface area contributed by atoms with Crippen LogP contribution in [0.1, 0.15) is 71.8 Å². The summed E-state index contributed by atoms with van der Waals surface area (Å²) >= 11 is 0. The minimum absolute atomic E-state index is 0.166. The molecule has 2 nitrogen and oxygen atoms in total. The molecule has 0 aliphatic carbocycles. The predicted octanol–water partition coefficient (Wildman–Crippen LogP) is 7.51. The maximum Gasteiger partial charge on any atom is 0.192 e. The number of hydrogen-bond acceptors (Lipinski definition) is 2. The van der Waals surface area contributed by atoms with E-state index in [1.807, 2.05) is 12.1 Å². The van der Waals surface area contributed by atoms with Crippen LogP contribution in [0.25, 0.3) is 0 Å². The Hall–Kier alpha value is -0.903. The van der Waals surface area contributed by atoms with E-state index in [1.54, 1.807) is 0 Å². The van der Waals surface area contributed by atoms with E-state index in [0.717, 1.165) is 19.3 Å². The van der Waals surface area contributed by atoms with Gasteiger partial charge in [-0.3, -0.25) is 0 Å². The van der Waals surface area contributed by atoms with Crippen LogP contribution in [-0.4, -0.2) is 20.5 Å². The summed E-state index contributed by atoms with van der Waals surface area (Å²) in [7, 11) is -1.79. The zero-order valence-corrected chi connectivity index (χ0v) is 19.6. The maximum atomic E-state index is 6.80. The molecule has 27 heavy (non-hydrogen) atoms. The zero-order valence-electron chi connectivity index (χ0n) is 18.6. The quantitative estimate of drug-likeness (QED) is 0.197. The highest BCUT2D eigenvalue weighted by molar-refractivity contribution is 6.74. The van der Waals surface area contributed by atoms with Gasteiger partial charge < -0.3 is 9.16 Å². The Morgan fingerprint density at radius 1 is 1.07 bits per heavy atom. The molecule has 0 amide bonds. The number of unbranched alkanes of at least 4 members (excludes halogenated alkanes) is 2. The monoisotopic (exact) mass is 390 g/mol. The van der Waals surface area contributed by atoms with Crippen LogP contribution in [0.5, 0.6) is 0 Å². The van der Waals surface area contributed by atoms with Crippen molar-refractivity contribution in [2.45, 2.75) is 103 Å². The lowest BCUT2D eigenvalue weighted by Crippen LogP contribution is -2.44. The summed E-state index contributed by atoms with van der Waals surface area (Å²) in [6.07, 6.45) is 9.12. The van der Waals surface area contributed by atoms with Crippen molar-refractivity contribution in [2.75, 3.05) is 0 Å². The van der Waals surface area contributed by atoms with Gasteiger partial charge in [-0.2, -0.15) is 0 Å². The summed E-state index contributed by atoms with van der Waals surface area (Å²) < 4.78 is 13.1. The summed E-state index contributed by atoms with van der Waals surface area (Å²) in [6, 6.07) is 10.4. The van der Waals surface area contributed by atoms with Crippen molar-refractivity contribution in [2.24, 2.45) is 0 Å². The minimum atomic E-state index is -1.79. The van der Waals surface area contributed by atoms with Gasteiger partial charge in [-0.1, -0.05) is 83.4 Å². The Balaban J connectivity index is 2.76. The Kier molecular flexibility index (Phi) is 10.6. The summed E-state index contributed by atoms with van der Waals surface area (Å²) in [6.45, 7) is 18.5. The molecule has 1 aromatic carbocycles. The molecule has 0 spiro atoms. The molecule has 0 unspecified atom stereocenters. The molecule has 1 rings (SSSR count). The van der Waals surface area contributed by atoms with E-state index in [-0.39, 0.29) is 17.2 Å². The predicted molar refractivity (Wildman–Crippen MR) is 121 cm³/mol. The SMILES string of the molecule is C=CC[C@@H](C[C@@H](CCCCC)O[Si](C)(C)C(C)(C)C)OCc1ccccc1. The van der Waals surface area contributed by atoms with Crippen LogP contribution < -0.4 is 0 Å². The van der Waals surface area contributed by atoms with E-state index in [9.17, 15) is 0 Å². The van der Waals surface area contributed by atoms with Crippen molar-refractivity contribution >= 4 is 8.32 Å². The molecular formula is C24H42O2Si. The standard InChI is InChI=1S/C24H42O2Si/c1-8-10-12-18-23(26-27(6,7)24(3,4)5)19-22(15-9-2)25-20-21-16-13-11-14-17-21/h9,11,13-14,16-17,22-23H,2,8,10,12,15,18-20H2,1,3-7H3/t22-,23+/m0/s1. The first-order valence-corrected chi connectivity index (χ1v) is 13.5. The Labute approximate surface area is 169 Å². The summed E-state index contributed by atoms with van der Waals surface area (Å²) in [5.41, 5.74) is 1.22. The zero-order chi connectivity index (χ0) is 20.3. The molecule has 3 heteroatoms. The van der Waals surface area contributed by atoms with E-state index in [4.69, 9.17) is 9.16 Å². The number of rotatable bonds is 13. The van der Waals surface area contributed by atoms with E-state index < -0.39 is 8.32 Å². The lowest BCUT2D eigenvalue weighted by molar-refractivity contribution is 0.00645. The summed E-state index contributed by atoms with van der Waals surface area (Å²) in [5.74, 6) is 0. The van der Waals surface area contributed by atoms with Gasteiger partial charge in [-0.25, -0.2) is 0 Å². The lowest BCUT2D eigenvalue weighted by Gasteiger charge is -2.40. The molecule has 0 aliphatic rings. The van der Waals surface area contributed by atoms with E-state index >= 15 is 0 Å². The average molecular weight is 391 g/mol. The average Bonchev–Trinajstić information content (AvgIpc) is 2.59. The molecule has 0 aliphatic heterocycles.